The minimum absolute atomic E-state index is 0.151. The number of benzene rings is 2. The number of carbonyl (C=O) groups excluding carboxylic acids is 1. The van der Waals surface area contributed by atoms with Gasteiger partial charge >= 0.3 is 0 Å². The Hall–Kier alpha value is -3.41. The molecule has 0 spiro atoms. The first-order valence-electron chi connectivity index (χ1n) is 9.03. The zero-order valence-corrected chi connectivity index (χ0v) is 15.3. The highest BCUT2D eigenvalue weighted by Gasteiger charge is 2.22. The Morgan fingerprint density at radius 1 is 1.21 bits per heavy atom. The van der Waals surface area contributed by atoms with Gasteiger partial charge < -0.3 is 14.8 Å². The first-order chi connectivity index (χ1) is 13.6. The molecular weight excluding hydrogens is 359 g/mol. The average Bonchev–Trinajstić information content (AvgIpc) is 2.69. The van der Waals surface area contributed by atoms with Crippen LogP contribution in [0.3, 0.4) is 0 Å². The Bertz CT molecular complexity index is 1000. The van der Waals surface area contributed by atoms with Crippen LogP contribution in [0.2, 0.25) is 0 Å². The van der Waals surface area contributed by atoms with Gasteiger partial charge in [-0.05, 0) is 60.4 Å². The third kappa shape index (κ3) is 4.11. The molecule has 6 heteroatoms. The number of amides is 1. The van der Waals surface area contributed by atoms with E-state index in [0.29, 0.717) is 17.3 Å². The number of ether oxygens (including phenoxy) is 2. The highest BCUT2D eigenvalue weighted by atomic mass is 19.1. The summed E-state index contributed by atoms with van der Waals surface area (Å²) in [6, 6.07) is 15.6. The van der Waals surface area contributed by atoms with Crippen LogP contribution in [-0.4, -0.2) is 10.9 Å². The summed E-state index contributed by atoms with van der Waals surface area (Å²) >= 11 is 0. The van der Waals surface area contributed by atoms with Gasteiger partial charge in [-0.1, -0.05) is 12.1 Å². The molecule has 0 radical (unpaired) electrons. The second-order valence-electron chi connectivity index (χ2n) is 6.64. The van der Waals surface area contributed by atoms with Crippen molar-refractivity contribution in [3.63, 3.8) is 0 Å². The van der Waals surface area contributed by atoms with Gasteiger partial charge in [-0.15, -0.1) is 0 Å². The monoisotopic (exact) mass is 378 g/mol. The Morgan fingerprint density at radius 3 is 2.86 bits per heavy atom. The molecule has 28 heavy (non-hydrogen) atoms. The second kappa shape index (κ2) is 7.68. The third-order valence-corrected chi connectivity index (χ3v) is 4.48. The van der Waals surface area contributed by atoms with Gasteiger partial charge in [-0.2, -0.15) is 0 Å². The van der Waals surface area contributed by atoms with Gasteiger partial charge in [0.25, 0.3) is 0 Å². The molecule has 0 saturated heterocycles. The molecule has 1 aliphatic heterocycles. The quantitative estimate of drug-likeness (QED) is 0.691. The normalized spacial score (nSPS) is 15.3. The number of nitrogens with one attached hydrogen (secondary N) is 1. The van der Waals surface area contributed by atoms with Crippen molar-refractivity contribution in [3.8, 4) is 17.4 Å². The number of nitrogens with zero attached hydrogens (tertiary/aromatic N) is 1. The van der Waals surface area contributed by atoms with Crippen molar-refractivity contribution in [2.75, 3.05) is 5.32 Å². The number of carbonyl (C=O) groups is 1. The molecule has 1 amide bonds. The molecule has 4 rings (SSSR count). The molecule has 5 nitrogen and oxygen atoms in total. The molecule has 0 saturated carbocycles. The predicted molar refractivity (Wildman–Crippen MR) is 103 cm³/mol. The van der Waals surface area contributed by atoms with Crippen LogP contribution in [0.25, 0.3) is 0 Å². The van der Waals surface area contributed by atoms with Gasteiger partial charge in [-0.25, -0.2) is 9.37 Å². The van der Waals surface area contributed by atoms with Gasteiger partial charge in [0, 0.05) is 13.0 Å². The zero-order valence-electron chi connectivity index (χ0n) is 15.3. The van der Waals surface area contributed by atoms with Crippen molar-refractivity contribution < 1.29 is 18.7 Å². The van der Waals surface area contributed by atoms with Gasteiger partial charge in [0.1, 0.15) is 23.4 Å². The summed E-state index contributed by atoms with van der Waals surface area (Å²) < 4.78 is 25.3. The molecule has 142 valence electrons. The average molecular weight is 378 g/mol. The van der Waals surface area contributed by atoms with Crippen LogP contribution in [0.4, 0.5) is 10.1 Å². The number of hydrogen-bond acceptors (Lipinski definition) is 4. The maximum Gasteiger partial charge on any atom is 0.221 e. The fourth-order valence-corrected chi connectivity index (χ4v) is 3.21. The van der Waals surface area contributed by atoms with E-state index >= 15 is 0 Å². The summed E-state index contributed by atoms with van der Waals surface area (Å²) in [5, 5.41) is 2.66. The lowest BCUT2D eigenvalue weighted by atomic mass is 9.97. The molecule has 1 unspecified atom stereocenters. The van der Waals surface area contributed by atoms with Gasteiger partial charge in [0.2, 0.25) is 11.8 Å². The Kier molecular flexibility index (Phi) is 4.93. The van der Waals surface area contributed by atoms with E-state index in [4.69, 9.17) is 9.47 Å². The molecular formula is C22H19FN2O3. The molecule has 0 aliphatic carbocycles. The van der Waals surface area contributed by atoms with E-state index in [1.165, 1.54) is 19.1 Å². The summed E-state index contributed by atoms with van der Waals surface area (Å²) in [6.07, 6.45) is 2.96. The van der Waals surface area contributed by atoms with E-state index < -0.39 is 0 Å². The van der Waals surface area contributed by atoms with Crippen molar-refractivity contribution in [1.29, 1.82) is 0 Å². The maximum atomic E-state index is 13.5. The minimum Gasteiger partial charge on any atom is -0.485 e. The number of hydrogen-bond donors (Lipinski definition) is 1. The maximum absolute atomic E-state index is 13.5. The van der Waals surface area contributed by atoms with Crippen LogP contribution in [0, 0.1) is 5.82 Å². The van der Waals surface area contributed by atoms with E-state index in [1.54, 1.807) is 24.4 Å². The Balaban J connectivity index is 1.46. The standard InChI is InChI=1S/C22H19FN2O3/c1-14(26)25-18-6-10-22(24-13-18)27-19-7-9-21-16(12-19)5-8-20(28-21)15-3-2-4-17(23)11-15/h2-4,6-7,9-13,20H,5,8H2,1H3,(H,25,26). The van der Waals surface area contributed by atoms with Crippen LogP contribution in [0.15, 0.2) is 60.8 Å². The number of rotatable bonds is 4. The van der Waals surface area contributed by atoms with Crippen LogP contribution >= 0.6 is 0 Å². The lowest BCUT2D eigenvalue weighted by molar-refractivity contribution is -0.114. The van der Waals surface area contributed by atoms with Crippen LogP contribution in [0.1, 0.15) is 30.6 Å². The SMILES string of the molecule is CC(=O)Nc1ccc(Oc2ccc3c(c2)CCC(c2cccc(F)c2)O3)nc1. The van der Waals surface area contributed by atoms with E-state index in [0.717, 1.165) is 29.7 Å². The molecule has 0 bridgehead atoms. The summed E-state index contributed by atoms with van der Waals surface area (Å²) in [4.78, 5) is 15.3. The first-order valence-corrected chi connectivity index (χ1v) is 9.03. The van der Waals surface area contributed by atoms with Crippen LogP contribution in [0.5, 0.6) is 17.4 Å². The summed E-state index contributed by atoms with van der Waals surface area (Å²) in [6.45, 7) is 1.44. The van der Waals surface area contributed by atoms with Crippen LogP contribution in [-0.2, 0) is 11.2 Å². The Labute approximate surface area is 162 Å². The first kappa shape index (κ1) is 18.0. The van der Waals surface area contributed by atoms with Crippen molar-refractivity contribution in [2.45, 2.75) is 25.9 Å². The smallest absolute Gasteiger partial charge is 0.221 e. The van der Waals surface area contributed by atoms with Crippen molar-refractivity contribution in [2.24, 2.45) is 0 Å². The summed E-state index contributed by atoms with van der Waals surface area (Å²) in [7, 11) is 0. The largest absolute Gasteiger partial charge is 0.485 e. The Morgan fingerprint density at radius 2 is 2.11 bits per heavy atom. The third-order valence-electron chi connectivity index (χ3n) is 4.48. The molecule has 3 aromatic rings. The minimum atomic E-state index is -0.257. The van der Waals surface area contributed by atoms with Gasteiger partial charge in [0.05, 0.1) is 11.9 Å². The number of aromatic nitrogens is 1. The predicted octanol–water partition coefficient (Wildman–Crippen LogP) is 5.04. The van der Waals surface area contributed by atoms with Crippen molar-refractivity contribution in [1.82, 2.24) is 4.98 Å². The van der Waals surface area contributed by atoms with E-state index in [9.17, 15) is 9.18 Å². The van der Waals surface area contributed by atoms with Crippen LogP contribution < -0.4 is 14.8 Å². The van der Waals surface area contributed by atoms with Gasteiger partial charge in [-0.3, -0.25) is 4.79 Å². The topological polar surface area (TPSA) is 60.5 Å². The number of aryl methyl sites for hydroxylation is 1. The highest BCUT2D eigenvalue weighted by Crippen LogP contribution is 2.37. The van der Waals surface area contributed by atoms with Crippen molar-refractivity contribution in [3.05, 3.63) is 77.7 Å². The zero-order chi connectivity index (χ0) is 19.5. The lowest BCUT2D eigenvalue weighted by Gasteiger charge is -2.26. The lowest BCUT2D eigenvalue weighted by Crippen LogP contribution is -2.15. The summed E-state index contributed by atoms with van der Waals surface area (Å²) in [5.74, 6) is 1.46. The fraction of sp³-hybridized carbons (Fsp3) is 0.182. The molecule has 2 aromatic carbocycles. The molecule has 1 aromatic heterocycles. The second-order valence-corrected chi connectivity index (χ2v) is 6.64. The van der Waals surface area contributed by atoms with E-state index in [1.807, 2.05) is 24.3 Å². The molecule has 1 N–H and O–H groups in total. The van der Waals surface area contributed by atoms with E-state index in [2.05, 4.69) is 10.3 Å². The fourth-order valence-electron chi connectivity index (χ4n) is 3.21. The number of fused-ring (bicyclic) bond motifs is 1. The molecule has 2 heterocycles. The number of anilines is 1. The highest BCUT2D eigenvalue weighted by molar-refractivity contribution is 5.88. The number of pyridine rings is 1. The van der Waals surface area contributed by atoms with Crippen molar-refractivity contribution >= 4 is 11.6 Å². The molecule has 0 fully saturated rings. The van der Waals surface area contributed by atoms with Gasteiger partial charge in [0.15, 0.2) is 0 Å². The van der Waals surface area contributed by atoms with E-state index in [-0.39, 0.29) is 17.8 Å². The molecule has 1 aliphatic rings. The molecule has 1 atom stereocenters. The number of halogens is 1. The summed E-state index contributed by atoms with van der Waals surface area (Å²) in [5.41, 5.74) is 2.50.